The Morgan fingerprint density at radius 1 is 1.44 bits per heavy atom. The molecule has 0 atom stereocenters. The molecule has 0 aliphatic carbocycles. The van der Waals surface area contributed by atoms with Gasteiger partial charge in [0, 0.05) is 4.90 Å². The van der Waals surface area contributed by atoms with Crippen LogP contribution in [0.25, 0.3) is 0 Å². The second-order valence-electron chi connectivity index (χ2n) is 3.13. The number of nitrogens with two attached hydrogens (primary N) is 1. The van der Waals surface area contributed by atoms with Gasteiger partial charge < -0.3 is 5.73 Å². The number of hydrogen-bond donors (Lipinski definition) is 2. The van der Waals surface area contributed by atoms with E-state index in [1.165, 1.54) is 11.8 Å². The Morgan fingerprint density at radius 3 is 2.62 bits per heavy atom. The average Bonchev–Trinajstić information content (AvgIpc) is 2.14. The van der Waals surface area contributed by atoms with Crippen molar-refractivity contribution in [3.8, 4) is 0 Å². The van der Waals surface area contributed by atoms with E-state index in [4.69, 9.17) is 5.73 Å². The van der Waals surface area contributed by atoms with Gasteiger partial charge in [0.1, 0.15) is 0 Å². The standard InChI is InChI=1S/C9H12N2O3S2/c1-16(13,14)11-7-4-2-3-5-8(7)15-6-9(10)12/h2-5,11H,6H2,1H3,(H2,10,12). The van der Waals surface area contributed by atoms with E-state index in [9.17, 15) is 13.2 Å². The van der Waals surface area contributed by atoms with Crippen LogP contribution in [0.2, 0.25) is 0 Å². The third-order valence-electron chi connectivity index (χ3n) is 1.55. The SMILES string of the molecule is CS(=O)(=O)Nc1ccccc1SCC(N)=O. The van der Waals surface area contributed by atoms with Crippen molar-refractivity contribution in [1.82, 2.24) is 0 Å². The van der Waals surface area contributed by atoms with Gasteiger partial charge in [-0.3, -0.25) is 9.52 Å². The quantitative estimate of drug-likeness (QED) is 0.760. The molecule has 88 valence electrons. The summed E-state index contributed by atoms with van der Waals surface area (Å²) in [4.78, 5) is 11.3. The van der Waals surface area contributed by atoms with Gasteiger partial charge in [-0.2, -0.15) is 0 Å². The first-order chi connectivity index (χ1) is 7.38. The van der Waals surface area contributed by atoms with E-state index in [2.05, 4.69) is 4.72 Å². The molecule has 0 fully saturated rings. The Balaban J connectivity index is 2.87. The smallest absolute Gasteiger partial charge is 0.229 e. The van der Waals surface area contributed by atoms with E-state index in [-0.39, 0.29) is 5.75 Å². The number of carbonyl (C=O) groups is 1. The Labute approximate surface area is 98.5 Å². The fraction of sp³-hybridized carbons (Fsp3) is 0.222. The number of carbonyl (C=O) groups excluding carboxylic acids is 1. The number of anilines is 1. The predicted octanol–water partition coefficient (Wildman–Crippen LogP) is 0.636. The van der Waals surface area contributed by atoms with Crippen molar-refractivity contribution in [2.75, 3.05) is 16.7 Å². The maximum Gasteiger partial charge on any atom is 0.229 e. The van der Waals surface area contributed by atoms with Gasteiger partial charge in [-0.25, -0.2) is 8.42 Å². The zero-order valence-electron chi connectivity index (χ0n) is 8.64. The van der Waals surface area contributed by atoms with Crippen LogP contribution in [0.1, 0.15) is 0 Å². The molecule has 0 spiro atoms. The molecule has 1 aromatic carbocycles. The van der Waals surface area contributed by atoms with Crippen molar-refractivity contribution >= 4 is 33.4 Å². The Bertz CT molecular complexity index is 485. The van der Waals surface area contributed by atoms with Crippen molar-refractivity contribution in [3.63, 3.8) is 0 Å². The van der Waals surface area contributed by atoms with Gasteiger partial charge in [-0.1, -0.05) is 12.1 Å². The van der Waals surface area contributed by atoms with Crippen molar-refractivity contribution in [3.05, 3.63) is 24.3 Å². The molecule has 0 aliphatic rings. The molecule has 0 aliphatic heterocycles. The number of benzene rings is 1. The van der Waals surface area contributed by atoms with Crippen LogP contribution in [-0.2, 0) is 14.8 Å². The summed E-state index contributed by atoms with van der Waals surface area (Å²) in [5.74, 6) is -0.332. The molecule has 0 bridgehead atoms. The van der Waals surface area contributed by atoms with Gasteiger partial charge in [-0.05, 0) is 12.1 Å². The molecule has 0 saturated heterocycles. The molecule has 1 amide bonds. The third-order valence-corrected chi connectivity index (χ3v) is 3.24. The lowest BCUT2D eigenvalue weighted by Gasteiger charge is -2.08. The summed E-state index contributed by atoms with van der Waals surface area (Å²) in [6.45, 7) is 0. The fourth-order valence-electron chi connectivity index (χ4n) is 1.03. The van der Waals surface area contributed by atoms with E-state index >= 15 is 0 Å². The summed E-state index contributed by atoms with van der Waals surface area (Å²) in [6.07, 6.45) is 1.07. The zero-order chi connectivity index (χ0) is 12.2. The second-order valence-corrected chi connectivity index (χ2v) is 5.89. The summed E-state index contributed by atoms with van der Waals surface area (Å²) < 4.78 is 24.5. The first-order valence-electron chi connectivity index (χ1n) is 4.36. The fourth-order valence-corrected chi connectivity index (χ4v) is 2.41. The molecule has 5 nitrogen and oxygen atoms in total. The summed E-state index contributed by atoms with van der Waals surface area (Å²) in [5.41, 5.74) is 5.47. The van der Waals surface area contributed by atoms with Crippen LogP contribution in [0.3, 0.4) is 0 Å². The molecule has 16 heavy (non-hydrogen) atoms. The Hall–Kier alpha value is -1.21. The topological polar surface area (TPSA) is 89.3 Å². The normalized spacial score (nSPS) is 11.1. The molecule has 0 saturated carbocycles. The number of thioether (sulfide) groups is 1. The summed E-state index contributed by atoms with van der Waals surface area (Å²) >= 11 is 1.19. The van der Waals surface area contributed by atoms with Crippen molar-refractivity contribution < 1.29 is 13.2 Å². The minimum absolute atomic E-state index is 0.114. The molecule has 7 heteroatoms. The molecule has 0 heterocycles. The highest BCUT2D eigenvalue weighted by molar-refractivity contribution is 8.00. The van der Waals surface area contributed by atoms with Crippen LogP contribution in [0.4, 0.5) is 5.69 Å². The van der Waals surface area contributed by atoms with Crippen LogP contribution in [-0.4, -0.2) is 26.3 Å². The first kappa shape index (κ1) is 12.9. The number of primary amides is 1. The maximum absolute atomic E-state index is 11.1. The van der Waals surface area contributed by atoms with Crippen LogP contribution in [0.15, 0.2) is 29.2 Å². The van der Waals surface area contributed by atoms with Gasteiger partial charge in [0.15, 0.2) is 0 Å². The van der Waals surface area contributed by atoms with Gasteiger partial charge in [0.05, 0.1) is 17.7 Å². The van der Waals surface area contributed by atoms with E-state index in [1.54, 1.807) is 24.3 Å². The molecule has 3 N–H and O–H groups in total. The molecule has 0 unspecified atom stereocenters. The third kappa shape index (κ3) is 4.54. The van der Waals surface area contributed by atoms with E-state index in [0.29, 0.717) is 10.6 Å². The lowest BCUT2D eigenvalue weighted by atomic mass is 10.3. The van der Waals surface area contributed by atoms with E-state index in [0.717, 1.165) is 6.26 Å². The van der Waals surface area contributed by atoms with Crippen LogP contribution >= 0.6 is 11.8 Å². The number of sulfonamides is 1. The van der Waals surface area contributed by atoms with Gasteiger partial charge in [-0.15, -0.1) is 11.8 Å². The van der Waals surface area contributed by atoms with E-state index < -0.39 is 15.9 Å². The molecule has 0 aromatic heterocycles. The monoisotopic (exact) mass is 260 g/mol. The molecular formula is C9H12N2O3S2. The van der Waals surface area contributed by atoms with Crippen molar-refractivity contribution in [1.29, 1.82) is 0 Å². The number of rotatable bonds is 5. The molecule has 0 radical (unpaired) electrons. The summed E-state index contributed by atoms with van der Waals surface area (Å²) in [5, 5.41) is 0. The van der Waals surface area contributed by atoms with Gasteiger partial charge >= 0.3 is 0 Å². The highest BCUT2D eigenvalue weighted by Crippen LogP contribution is 2.27. The lowest BCUT2D eigenvalue weighted by Crippen LogP contribution is -2.14. The number of para-hydroxylation sites is 1. The maximum atomic E-state index is 11.1. The van der Waals surface area contributed by atoms with Crippen molar-refractivity contribution in [2.24, 2.45) is 5.73 Å². The first-order valence-corrected chi connectivity index (χ1v) is 7.24. The van der Waals surface area contributed by atoms with Gasteiger partial charge in [0.25, 0.3) is 0 Å². The highest BCUT2D eigenvalue weighted by Gasteiger charge is 2.07. The Kier molecular flexibility index (Phi) is 4.19. The van der Waals surface area contributed by atoms with Crippen LogP contribution in [0.5, 0.6) is 0 Å². The Morgan fingerprint density at radius 2 is 2.06 bits per heavy atom. The molecular weight excluding hydrogens is 248 g/mol. The summed E-state index contributed by atoms with van der Waals surface area (Å²) in [6, 6.07) is 6.82. The van der Waals surface area contributed by atoms with Crippen LogP contribution in [0, 0.1) is 0 Å². The highest BCUT2D eigenvalue weighted by atomic mass is 32.2. The second kappa shape index (κ2) is 5.22. The van der Waals surface area contributed by atoms with Crippen molar-refractivity contribution in [2.45, 2.75) is 4.90 Å². The number of nitrogens with one attached hydrogen (secondary N) is 1. The molecule has 1 aromatic rings. The average molecular weight is 260 g/mol. The lowest BCUT2D eigenvalue weighted by molar-refractivity contribution is -0.115. The zero-order valence-corrected chi connectivity index (χ0v) is 10.3. The van der Waals surface area contributed by atoms with Crippen LogP contribution < -0.4 is 10.5 Å². The molecule has 1 rings (SSSR count). The number of hydrogen-bond acceptors (Lipinski definition) is 4. The largest absolute Gasteiger partial charge is 0.369 e. The summed E-state index contributed by atoms with van der Waals surface area (Å²) in [7, 11) is -3.32. The minimum atomic E-state index is -3.32. The predicted molar refractivity (Wildman–Crippen MR) is 64.8 cm³/mol. The minimum Gasteiger partial charge on any atom is -0.369 e. The van der Waals surface area contributed by atoms with E-state index in [1.807, 2.05) is 0 Å². The number of amides is 1. The van der Waals surface area contributed by atoms with Gasteiger partial charge in [0.2, 0.25) is 15.9 Å².